The van der Waals surface area contributed by atoms with E-state index in [1.165, 1.54) is 62.5 Å². The number of fused-ring (bicyclic) bond motifs is 4. The van der Waals surface area contributed by atoms with Gasteiger partial charge in [0.2, 0.25) is 0 Å². The van der Waals surface area contributed by atoms with Gasteiger partial charge in [-0.15, -0.1) is 0 Å². The molecule has 2 aliphatic heterocycles. The minimum absolute atomic E-state index is 0. The van der Waals surface area contributed by atoms with Crippen LogP contribution in [0.4, 0.5) is 22.7 Å². The number of H-pyrrole nitrogens is 2. The largest absolute Gasteiger partial charge is 0.482 e. The van der Waals surface area contributed by atoms with Crippen molar-refractivity contribution < 1.29 is 57.7 Å². The highest BCUT2D eigenvalue weighted by atomic mass is 16.5. The van der Waals surface area contributed by atoms with Crippen LogP contribution in [-0.4, -0.2) is 103 Å². The van der Waals surface area contributed by atoms with Crippen LogP contribution in [-0.2, 0) is 27.4 Å². The lowest BCUT2D eigenvalue weighted by atomic mass is 10.1. The van der Waals surface area contributed by atoms with Gasteiger partial charge in [-0.05, 0) is 59.7 Å². The van der Waals surface area contributed by atoms with Crippen molar-refractivity contribution in [3.05, 3.63) is 155 Å². The summed E-state index contributed by atoms with van der Waals surface area (Å²) in [6.45, 7) is 0.243. The Kier molecular flexibility index (Phi) is 14.6. The summed E-state index contributed by atoms with van der Waals surface area (Å²) in [5.74, 6) is -3.41. The van der Waals surface area contributed by atoms with Gasteiger partial charge in [0.25, 0.3) is 35.4 Å². The number of amides is 6. The number of nitrogens with one attached hydrogen (secondary N) is 8. The molecule has 4 aromatic heterocycles. The lowest BCUT2D eigenvalue weighted by molar-refractivity contribution is -0.119. The molecule has 4 aromatic carbocycles. The van der Waals surface area contributed by atoms with Crippen LogP contribution in [0.15, 0.2) is 110 Å². The van der Waals surface area contributed by atoms with Crippen LogP contribution >= 0.6 is 0 Å². The number of nitrogens with zero attached hydrogens (tertiary/aromatic N) is 4. The third kappa shape index (κ3) is 10.6. The number of aromatic amines is 2. The monoisotopic (exact) mass is 1000 g/mol. The molecular formula is C50H42N12O12. The number of carbonyl (C=O) groups excluding carboxylic acids is 7. The van der Waals surface area contributed by atoms with Crippen LogP contribution in [0.3, 0.4) is 0 Å². The number of aromatic nitrogens is 6. The third-order valence-electron chi connectivity index (χ3n) is 11.1. The van der Waals surface area contributed by atoms with Gasteiger partial charge in [-0.1, -0.05) is 43.8 Å². The number of hydrogen-bond donors (Lipinski definition) is 9. The van der Waals surface area contributed by atoms with Crippen LogP contribution in [0.2, 0.25) is 0 Å². The second kappa shape index (κ2) is 21.6. The van der Waals surface area contributed by atoms with Crippen molar-refractivity contribution in [3.8, 4) is 11.5 Å². The van der Waals surface area contributed by atoms with Gasteiger partial charge in [0.1, 0.15) is 35.2 Å². The number of methoxy groups -OCH3 is 1. The Morgan fingerprint density at radius 2 is 1.03 bits per heavy atom. The van der Waals surface area contributed by atoms with Crippen LogP contribution < -0.4 is 41.4 Å². The van der Waals surface area contributed by atoms with Crippen molar-refractivity contribution in [2.45, 2.75) is 20.5 Å². The van der Waals surface area contributed by atoms with E-state index in [2.05, 4.69) is 61.8 Å². The molecule has 0 saturated carbocycles. The number of esters is 1. The zero-order valence-corrected chi connectivity index (χ0v) is 37.9. The van der Waals surface area contributed by atoms with E-state index in [4.69, 9.17) is 14.2 Å². The summed E-state index contributed by atoms with van der Waals surface area (Å²) in [6, 6.07) is 22.5. The van der Waals surface area contributed by atoms with Gasteiger partial charge in [-0.25, -0.2) is 29.5 Å². The number of carboxylic acids is 1. The standard InChI is InChI=1S/C25H20N6O6.C24H18N6O6.CH4/c1-36-25(35)15-5-3-2-4-14(15)23(33)31-17-10-26-21-20(17)28-12-29-22(21)24(34)27-9-13-6-7-18-16(8-13)30-19(32)11-37-18;31-18-10-36-17-6-5-12(7-15(17)29-18)8-26-23(33)21-20-19(27-11-28-21)16(9-25-20)30-22(32)13-3-1-2-4-14(13)24(34)35;/h2-8,10,12,26H,9,11H2,1H3,(H,27,34)(H,30,32)(H,31,33);1-7,9,11,25H,8,10H2,(H,26,33)(H,29,31)(H,30,32)(H,34,35);1H4. The summed E-state index contributed by atoms with van der Waals surface area (Å²) in [5, 5.41) is 25.7. The van der Waals surface area contributed by atoms with Crippen molar-refractivity contribution in [1.82, 2.24) is 40.5 Å². The molecule has 0 bridgehead atoms. The molecule has 24 nitrogen and oxygen atoms in total. The average Bonchev–Trinajstić information content (AvgIpc) is 4.02. The summed E-state index contributed by atoms with van der Waals surface area (Å²) in [4.78, 5) is 120. The number of hydrogen-bond acceptors (Lipinski definition) is 15. The van der Waals surface area contributed by atoms with Crippen LogP contribution in [0.1, 0.15) is 81.0 Å². The van der Waals surface area contributed by atoms with Gasteiger partial charge in [-0.2, -0.15) is 0 Å². The molecule has 0 spiro atoms. The zero-order valence-electron chi connectivity index (χ0n) is 37.9. The lowest BCUT2D eigenvalue weighted by Gasteiger charge is -2.18. The molecule has 74 heavy (non-hydrogen) atoms. The van der Waals surface area contributed by atoms with Crippen molar-refractivity contribution in [1.29, 1.82) is 0 Å². The third-order valence-corrected chi connectivity index (χ3v) is 11.1. The van der Waals surface area contributed by atoms with Gasteiger partial charge in [0.05, 0.1) is 63.1 Å². The summed E-state index contributed by atoms with van der Waals surface area (Å²) in [6.07, 6.45) is 5.34. The minimum atomic E-state index is -1.23. The molecule has 0 radical (unpaired) electrons. The molecule has 6 heterocycles. The van der Waals surface area contributed by atoms with E-state index in [0.29, 0.717) is 45.1 Å². The van der Waals surface area contributed by atoms with E-state index in [0.717, 1.165) is 11.1 Å². The Balaban J connectivity index is 0.000000194. The molecule has 6 amide bonds. The van der Waals surface area contributed by atoms with Crippen molar-refractivity contribution in [3.63, 3.8) is 0 Å². The van der Waals surface area contributed by atoms with Crippen LogP contribution in [0.5, 0.6) is 11.5 Å². The van der Waals surface area contributed by atoms with Crippen LogP contribution in [0, 0.1) is 0 Å². The van der Waals surface area contributed by atoms with E-state index < -0.39 is 35.6 Å². The second-order valence-electron chi connectivity index (χ2n) is 15.8. The fourth-order valence-electron chi connectivity index (χ4n) is 7.64. The first-order chi connectivity index (χ1) is 35.3. The first-order valence-corrected chi connectivity index (χ1v) is 21.8. The van der Waals surface area contributed by atoms with E-state index in [1.54, 1.807) is 54.6 Å². The molecule has 24 heteroatoms. The van der Waals surface area contributed by atoms with Gasteiger partial charge < -0.3 is 61.2 Å². The van der Waals surface area contributed by atoms with Gasteiger partial charge in [0, 0.05) is 25.5 Å². The normalized spacial score (nSPS) is 12.1. The SMILES string of the molecule is C.COC(=O)c1ccccc1C(=O)Nc1c[nH]c2c(C(=O)NCc3ccc4c(c3)NC(=O)CO4)ncnc12.O=C1COc2ccc(CNC(=O)c3ncnc4c(NC(=O)c5ccccc5C(=O)O)c[nH]c34)cc2N1. The highest BCUT2D eigenvalue weighted by Gasteiger charge is 2.24. The van der Waals surface area contributed by atoms with Crippen molar-refractivity contribution in [2.24, 2.45) is 0 Å². The highest BCUT2D eigenvalue weighted by molar-refractivity contribution is 6.16. The molecular weight excluding hydrogens is 961 g/mol. The molecule has 8 aromatic rings. The molecule has 10 rings (SSSR count). The zero-order chi connectivity index (χ0) is 51.2. The second-order valence-corrected chi connectivity index (χ2v) is 15.8. The molecule has 0 unspecified atom stereocenters. The summed E-state index contributed by atoms with van der Waals surface area (Å²) < 4.78 is 15.4. The fourth-order valence-corrected chi connectivity index (χ4v) is 7.64. The minimum Gasteiger partial charge on any atom is -0.482 e. The maximum Gasteiger partial charge on any atom is 0.338 e. The van der Waals surface area contributed by atoms with E-state index >= 15 is 0 Å². The number of aromatic carboxylic acids is 1. The molecule has 0 fully saturated rings. The van der Waals surface area contributed by atoms with Crippen molar-refractivity contribution >= 4 is 92.2 Å². The van der Waals surface area contributed by atoms with Gasteiger partial charge in [0.15, 0.2) is 24.6 Å². The smallest absolute Gasteiger partial charge is 0.338 e. The Bertz CT molecular complexity index is 3570. The Hall–Kier alpha value is -10.5. The summed E-state index contributed by atoms with van der Waals surface area (Å²) in [7, 11) is 1.23. The van der Waals surface area contributed by atoms with E-state index in [9.17, 15) is 43.5 Å². The molecule has 0 saturated heterocycles. The highest BCUT2D eigenvalue weighted by Crippen LogP contribution is 2.31. The molecule has 2 aliphatic rings. The number of anilines is 4. The number of carbonyl (C=O) groups is 8. The van der Waals surface area contributed by atoms with Gasteiger partial charge >= 0.3 is 11.9 Å². The first kappa shape index (κ1) is 49.9. The predicted octanol–water partition coefficient (Wildman–Crippen LogP) is 5.06. The molecule has 374 valence electrons. The maximum absolute atomic E-state index is 12.9. The number of rotatable bonds is 12. The first-order valence-electron chi connectivity index (χ1n) is 21.8. The predicted molar refractivity (Wildman–Crippen MR) is 265 cm³/mol. The maximum atomic E-state index is 12.9. The van der Waals surface area contributed by atoms with E-state index in [-0.39, 0.29) is 90.4 Å². The van der Waals surface area contributed by atoms with Gasteiger partial charge in [-0.3, -0.25) is 28.8 Å². The average molecular weight is 1000 g/mol. The van der Waals surface area contributed by atoms with E-state index in [1.807, 2.05) is 0 Å². The molecule has 0 atom stereocenters. The lowest BCUT2D eigenvalue weighted by Crippen LogP contribution is -2.26. The number of ether oxygens (including phenoxy) is 3. The Morgan fingerprint density at radius 3 is 1.47 bits per heavy atom. The summed E-state index contributed by atoms with van der Waals surface area (Å²) in [5.41, 5.74) is 4.54. The molecule has 9 N–H and O–H groups in total. The fraction of sp³-hybridized carbons (Fsp3) is 0.120. The van der Waals surface area contributed by atoms with Crippen LogP contribution in [0.25, 0.3) is 22.1 Å². The quantitative estimate of drug-likeness (QED) is 0.0722. The number of carboxylic acid groups (broad SMARTS) is 1. The number of benzene rings is 4. The Labute approximate surface area is 417 Å². The topological polar surface area (TPSA) is 340 Å². The van der Waals surface area contributed by atoms with Crippen molar-refractivity contribution in [2.75, 3.05) is 41.6 Å². The summed E-state index contributed by atoms with van der Waals surface area (Å²) >= 11 is 0. The molecule has 0 aliphatic carbocycles. The Morgan fingerprint density at radius 1 is 0.595 bits per heavy atom.